The number of hydrogen-bond donors (Lipinski definition) is 1. The maximum atomic E-state index is 9.68. The fourth-order valence-electron chi connectivity index (χ4n) is 1.90. The van der Waals surface area contributed by atoms with E-state index in [2.05, 4.69) is 6.92 Å². The van der Waals surface area contributed by atoms with Crippen LogP contribution in [0, 0.1) is 5.92 Å². The Balaban J connectivity index is 1.99. The van der Waals surface area contributed by atoms with E-state index in [4.69, 9.17) is 4.74 Å². The largest absolute Gasteiger partial charge is 0.393 e. The highest BCUT2D eigenvalue weighted by Gasteiger charge is 2.18. The van der Waals surface area contributed by atoms with E-state index in [0.29, 0.717) is 5.92 Å². The molecular formula is C11H22O2. The first kappa shape index (κ1) is 11.0. The van der Waals surface area contributed by atoms with E-state index in [1.54, 1.807) is 0 Å². The lowest BCUT2D eigenvalue weighted by molar-refractivity contribution is 0.119. The lowest BCUT2D eigenvalue weighted by Gasteiger charge is -2.13. The van der Waals surface area contributed by atoms with Crippen LogP contribution in [-0.2, 0) is 4.74 Å². The summed E-state index contributed by atoms with van der Waals surface area (Å²) in [7, 11) is 0. The Hall–Kier alpha value is -0.0800. The quantitative estimate of drug-likeness (QED) is 0.645. The van der Waals surface area contributed by atoms with E-state index < -0.39 is 0 Å². The highest BCUT2D eigenvalue weighted by Crippen LogP contribution is 2.20. The summed E-state index contributed by atoms with van der Waals surface area (Å²) < 4.78 is 5.27. The van der Waals surface area contributed by atoms with Crippen molar-refractivity contribution in [2.45, 2.75) is 51.6 Å². The molecule has 2 nitrogen and oxygen atoms in total. The Labute approximate surface area is 81.3 Å². The van der Waals surface area contributed by atoms with Crippen LogP contribution < -0.4 is 0 Å². The van der Waals surface area contributed by atoms with Crippen molar-refractivity contribution in [2.75, 3.05) is 13.2 Å². The molecule has 0 aromatic heterocycles. The van der Waals surface area contributed by atoms with E-state index >= 15 is 0 Å². The van der Waals surface area contributed by atoms with Gasteiger partial charge in [0.25, 0.3) is 0 Å². The lowest BCUT2D eigenvalue weighted by atomic mass is 9.97. The maximum Gasteiger partial charge on any atom is 0.0543 e. The highest BCUT2D eigenvalue weighted by atomic mass is 16.5. The standard InChI is InChI=1S/C11H22O2/c1-2-3-4-5-11(12)8-10-6-7-13-9-10/h10-12H,2-9H2,1H3. The van der Waals surface area contributed by atoms with Crippen LogP contribution in [0.3, 0.4) is 0 Å². The number of aliphatic hydroxyl groups excluding tert-OH is 1. The van der Waals surface area contributed by atoms with Gasteiger partial charge in [-0.05, 0) is 25.2 Å². The summed E-state index contributed by atoms with van der Waals surface area (Å²) in [5, 5.41) is 9.68. The Bertz CT molecular complexity index is 119. The van der Waals surface area contributed by atoms with Gasteiger partial charge >= 0.3 is 0 Å². The first-order valence-corrected chi connectivity index (χ1v) is 5.58. The second-order valence-corrected chi connectivity index (χ2v) is 4.11. The molecule has 1 rings (SSSR count). The van der Waals surface area contributed by atoms with Crippen molar-refractivity contribution in [1.82, 2.24) is 0 Å². The van der Waals surface area contributed by atoms with Crippen molar-refractivity contribution >= 4 is 0 Å². The normalized spacial score (nSPS) is 24.9. The van der Waals surface area contributed by atoms with Gasteiger partial charge in [-0.1, -0.05) is 26.2 Å². The van der Waals surface area contributed by atoms with E-state index in [9.17, 15) is 5.11 Å². The fraction of sp³-hybridized carbons (Fsp3) is 1.00. The van der Waals surface area contributed by atoms with Crippen molar-refractivity contribution in [2.24, 2.45) is 5.92 Å². The van der Waals surface area contributed by atoms with Gasteiger partial charge in [0, 0.05) is 13.2 Å². The Morgan fingerprint density at radius 3 is 2.92 bits per heavy atom. The third-order valence-corrected chi connectivity index (χ3v) is 2.77. The van der Waals surface area contributed by atoms with E-state index in [1.165, 1.54) is 19.3 Å². The molecule has 0 aromatic rings. The zero-order chi connectivity index (χ0) is 9.52. The fourth-order valence-corrected chi connectivity index (χ4v) is 1.90. The molecule has 0 amide bonds. The van der Waals surface area contributed by atoms with Crippen LogP contribution in [0.5, 0.6) is 0 Å². The monoisotopic (exact) mass is 186 g/mol. The summed E-state index contributed by atoms with van der Waals surface area (Å²) in [6.07, 6.45) is 6.64. The average Bonchev–Trinajstić information content (AvgIpc) is 2.57. The first-order valence-electron chi connectivity index (χ1n) is 5.58. The van der Waals surface area contributed by atoms with Gasteiger partial charge in [-0.3, -0.25) is 0 Å². The molecule has 0 aromatic carbocycles. The van der Waals surface area contributed by atoms with Gasteiger partial charge in [-0.25, -0.2) is 0 Å². The summed E-state index contributed by atoms with van der Waals surface area (Å²) in [6, 6.07) is 0. The smallest absolute Gasteiger partial charge is 0.0543 e. The Kier molecular flexibility index (Phi) is 5.40. The van der Waals surface area contributed by atoms with Gasteiger partial charge in [-0.2, -0.15) is 0 Å². The molecule has 0 bridgehead atoms. The Morgan fingerprint density at radius 2 is 2.31 bits per heavy atom. The van der Waals surface area contributed by atoms with Gasteiger partial charge in [0.15, 0.2) is 0 Å². The molecule has 1 fully saturated rings. The Morgan fingerprint density at radius 1 is 1.46 bits per heavy atom. The highest BCUT2D eigenvalue weighted by molar-refractivity contribution is 4.68. The average molecular weight is 186 g/mol. The third-order valence-electron chi connectivity index (χ3n) is 2.77. The molecule has 2 unspecified atom stereocenters. The molecule has 0 aliphatic carbocycles. The minimum Gasteiger partial charge on any atom is -0.393 e. The topological polar surface area (TPSA) is 29.5 Å². The molecule has 0 saturated carbocycles. The van der Waals surface area contributed by atoms with Gasteiger partial charge < -0.3 is 9.84 Å². The van der Waals surface area contributed by atoms with E-state index in [1.807, 2.05) is 0 Å². The van der Waals surface area contributed by atoms with Gasteiger partial charge in [0.2, 0.25) is 0 Å². The SMILES string of the molecule is CCCCCC(O)CC1CCOC1. The lowest BCUT2D eigenvalue weighted by Crippen LogP contribution is -2.13. The van der Waals surface area contributed by atoms with Gasteiger partial charge in [0.05, 0.1) is 6.10 Å². The number of aliphatic hydroxyl groups is 1. The molecule has 78 valence electrons. The molecule has 1 heterocycles. The molecule has 2 atom stereocenters. The molecule has 2 heteroatoms. The number of ether oxygens (including phenoxy) is 1. The zero-order valence-corrected chi connectivity index (χ0v) is 8.67. The molecule has 1 N–H and O–H groups in total. The van der Waals surface area contributed by atoms with Crippen LogP contribution in [0.15, 0.2) is 0 Å². The van der Waals surface area contributed by atoms with Gasteiger partial charge in [-0.15, -0.1) is 0 Å². The van der Waals surface area contributed by atoms with Crippen LogP contribution in [0.25, 0.3) is 0 Å². The molecular weight excluding hydrogens is 164 g/mol. The summed E-state index contributed by atoms with van der Waals surface area (Å²) in [5.74, 6) is 0.622. The number of hydrogen-bond acceptors (Lipinski definition) is 2. The predicted molar refractivity (Wildman–Crippen MR) is 53.7 cm³/mol. The molecule has 13 heavy (non-hydrogen) atoms. The second kappa shape index (κ2) is 6.39. The minimum absolute atomic E-state index is 0.0850. The maximum absolute atomic E-state index is 9.68. The number of rotatable bonds is 6. The van der Waals surface area contributed by atoms with Crippen molar-refractivity contribution in [3.8, 4) is 0 Å². The van der Waals surface area contributed by atoms with Crippen molar-refractivity contribution in [3.05, 3.63) is 0 Å². The summed E-state index contributed by atoms with van der Waals surface area (Å²) in [6.45, 7) is 3.95. The van der Waals surface area contributed by atoms with Crippen LogP contribution in [-0.4, -0.2) is 24.4 Å². The van der Waals surface area contributed by atoms with Crippen LogP contribution in [0.1, 0.15) is 45.4 Å². The third kappa shape index (κ3) is 4.63. The molecule has 1 aliphatic rings. The van der Waals surface area contributed by atoms with Crippen LogP contribution >= 0.6 is 0 Å². The molecule has 0 radical (unpaired) electrons. The predicted octanol–water partition coefficient (Wildman–Crippen LogP) is 2.35. The van der Waals surface area contributed by atoms with Crippen molar-refractivity contribution in [1.29, 1.82) is 0 Å². The number of unbranched alkanes of at least 4 members (excludes halogenated alkanes) is 2. The second-order valence-electron chi connectivity index (χ2n) is 4.11. The zero-order valence-electron chi connectivity index (χ0n) is 8.67. The summed E-state index contributed by atoms with van der Waals surface area (Å²) >= 11 is 0. The molecule has 1 saturated heterocycles. The van der Waals surface area contributed by atoms with Crippen LogP contribution in [0.4, 0.5) is 0 Å². The molecule has 0 spiro atoms. The summed E-state index contributed by atoms with van der Waals surface area (Å²) in [4.78, 5) is 0. The van der Waals surface area contributed by atoms with E-state index in [-0.39, 0.29) is 6.10 Å². The summed E-state index contributed by atoms with van der Waals surface area (Å²) in [5.41, 5.74) is 0. The minimum atomic E-state index is -0.0850. The van der Waals surface area contributed by atoms with E-state index in [0.717, 1.165) is 32.5 Å². The van der Waals surface area contributed by atoms with Gasteiger partial charge in [0.1, 0.15) is 0 Å². The van der Waals surface area contributed by atoms with Crippen molar-refractivity contribution in [3.63, 3.8) is 0 Å². The first-order chi connectivity index (χ1) is 6.33. The van der Waals surface area contributed by atoms with Crippen molar-refractivity contribution < 1.29 is 9.84 Å². The van der Waals surface area contributed by atoms with Crippen LogP contribution in [0.2, 0.25) is 0 Å². The molecule has 1 aliphatic heterocycles.